The summed E-state index contributed by atoms with van der Waals surface area (Å²) in [5.41, 5.74) is 1.75. The average Bonchev–Trinajstić information content (AvgIpc) is 2.79. The van der Waals surface area contributed by atoms with Gasteiger partial charge in [0.25, 0.3) is 5.91 Å². The number of aromatic nitrogens is 3. The Balaban J connectivity index is 1.32. The van der Waals surface area contributed by atoms with Crippen LogP contribution in [0.1, 0.15) is 6.92 Å². The van der Waals surface area contributed by atoms with Gasteiger partial charge in [-0.2, -0.15) is 0 Å². The predicted octanol–water partition coefficient (Wildman–Crippen LogP) is 2.79. The van der Waals surface area contributed by atoms with Gasteiger partial charge in [0.2, 0.25) is 0 Å². The summed E-state index contributed by atoms with van der Waals surface area (Å²) in [7, 11) is 0. The highest BCUT2D eigenvalue weighted by atomic mass is 19.1. The molecule has 2 aromatic heterocycles. The molecule has 7 nitrogen and oxygen atoms in total. The van der Waals surface area contributed by atoms with Crippen molar-refractivity contribution in [3.8, 4) is 17.0 Å². The molecule has 0 radical (unpaired) electrons. The van der Waals surface area contributed by atoms with E-state index in [9.17, 15) is 9.18 Å². The summed E-state index contributed by atoms with van der Waals surface area (Å²) in [6.07, 6.45) is 2.76. The molecule has 0 N–H and O–H groups in total. The highest BCUT2D eigenvalue weighted by Gasteiger charge is 2.26. The first-order valence-electron chi connectivity index (χ1n) is 9.80. The summed E-state index contributed by atoms with van der Waals surface area (Å²) < 4.78 is 18.9. The molecule has 1 fully saturated rings. The van der Waals surface area contributed by atoms with Gasteiger partial charge in [0, 0.05) is 50.2 Å². The van der Waals surface area contributed by atoms with Crippen LogP contribution >= 0.6 is 0 Å². The van der Waals surface area contributed by atoms with Crippen LogP contribution in [-0.4, -0.2) is 58.3 Å². The molecule has 1 unspecified atom stereocenters. The monoisotopic (exact) mass is 407 g/mol. The van der Waals surface area contributed by atoms with E-state index in [2.05, 4.69) is 20.1 Å². The number of piperazine rings is 1. The van der Waals surface area contributed by atoms with Crippen LogP contribution in [0.25, 0.3) is 11.3 Å². The second kappa shape index (κ2) is 8.86. The Kier molecular flexibility index (Phi) is 5.83. The van der Waals surface area contributed by atoms with Crippen LogP contribution < -0.4 is 9.64 Å². The molecular weight excluding hydrogens is 385 g/mol. The number of carbonyl (C=O) groups excluding carboxylic acids is 1. The van der Waals surface area contributed by atoms with Crippen molar-refractivity contribution in [2.45, 2.75) is 13.0 Å². The van der Waals surface area contributed by atoms with Gasteiger partial charge in [-0.1, -0.05) is 6.07 Å². The standard InChI is InChI=1S/C22H22FN5O2/c1-16(30-19-4-2-3-18(23)15-19)22(29)28-13-11-27(12-14-28)21-6-5-20(25-26-21)17-7-9-24-10-8-17/h2-10,15-16H,11-14H2,1H3. The molecule has 1 saturated heterocycles. The van der Waals surface area contributed by atoms with E-state index in [1.807, 2.05) is 24.3 Å². The lowest BCUT2D eigenvalue weighted by atomic mass is 10.2. The van der Waals surface area contributed by atoms with Gasteiger partial charge < -0.3 is 14.5 Å². The van der Waals surface area contributed by atoms with E-state index in [-0.39, 0.29) is 5.91 Å². The summed E-state index contributed by atoms with van der Waals surface area (Å²) in [5, 5.41) is 8.65. The SMILES string of the molecule is CC(Oc1cccc(F)c1)C(=O)N1CCN(c2ccc(-c3ccncc3)nn2)CC1. The molecule has 3 heterocycles. The van der Waals surface area contributed by atoms with Crippen molar-refractivity contribution in [3.05, 3.63) is 66.7 Å². The lowest BCUT2D eigenvalue weighted by Gasteiger charge is -2.36. The molecule has 0 saturated carbocycles. The number of halogens is 1. The van der Waals surface area contributed by atoms with Gasteiger partial charge in [-0.05, 0) is 43.3 Å². The van der Waals surface area contributed by atoms with Crippen LogP contribution in [0.15, 0.2) is 60.9 Å². The number of amides is 1. The molecule has 3 aromatic rings. The molecule has 30 heavy (non-hydrogen) atoms. The zero-order valence-electron chi connectivity index (χ0n) is 16.6. The maximum Gasteiger partial charge on any atom is 0.263 e. The first-order valence-corrected chi connectivity index (χ1v) is 9.80. The highest BCUT2D eigenvalue weighted by molar-refractivity contribution is 5.81. The molecule has 1 amide bonds. The summed E-state index contributed by atoms with van der Waals surface area (Å²) in [5.74, 6) is 0.623. The van der Waals surface area contributed by atoms with Crippen LogP contribution in [0.5, 0.6) is 5.75 Å². The highest BCUT2D eigenvalue weighted by Crippen LogP contribution is 2.19. The van der Waals surface area contributed by atoms with Crippen LogP contribution in [0.2, 0.25) is 0 Å². The number of carbonyl (C=O) groups is 1. The number of ether oxygens (including phenoxy) is 1. The van der Waals surface area contributed by atoms with Gasteiger partial charge in [0.15, 0.2) is 11.9 Å². The zero-order chi connectivity index (χ0) is 20.9. The minimum absolute atomic E-state index is 0.113. The van der Waals surface area contributed by atoms with E-state index in [0.29, 0.717) is 31.9 Å². The topological polar surface area (TPSA) is 71.5 Å². The van der Waals surface area contributed by atoms with Gasteiger partial charge in [0.05, 0.1) is 5.69 Å². The molecule has 8 heteroatoms. The van der Waals surface area contributed by atoms with Crippen LogP contribution in [0, 0.1) is 5.82 Å². The van der Waals surface area contributed by atoms with E-state index in [1.54, 1.807) is 36.4 Å². The third-order valence-electron chi connectivity index (χ3n) is 5.00. The maximum atomic E-state index is 13.3. The fourth-order valence-electron chi connectivity index (χ4n) is 3.38. The smallest absolute Gasteiger partial charge is 0.263 e. The Morgan fingerprint density at radius 1 is 1.03 bits per heavy atom. The Morgan fingerprint density at radius 2 is 1.80 bits per heavy atom. The molecule has 0 aliphatic carbocycles. The van der Waals surface area contributed by atoms with Crippen molar-refractivity contribution >= 4 is 11.7 Å². The van der Waals surface area contributed by atoms with Crippen LogP contribution in [-0.2, 0) is 4.79 Å². The molecule has 154 valence electrons. The Bertz CT molecular complexity index is 992. The van der Waals surface area contributed by atoms with Gasteiger partial charge >= 0.3 is 0 Å². The summed E-state index contributed by atoms with van der Waals surface area (Å²) in [6, 6.07) is 13.5. The molecule has 4 rings (SSSR count). The van der Waals surface area contributed by atoms with Crippen molar-refractivity contribution in [1.82, 2.24) is 20.1 Å². The molecule has 0 spiro atoms. The molecule has 0 bridgehead atoms. The summed E-state index contributed by atoms with van der Waals surface area (Å²) in [4.78, 5) is 20.6. The van der Waals surface area contributed by atoms with E-state index >= 15 is 0 Å². The number of hydrogen-bond donors (Lipinski definition) is 0. The van der Waals surface area contributed by atoms with Gasteiger partial charge in [-0.15, -0.1) is 10.2 Å². The van der Waals surface area contributed by atoms with Gasteiger partial charge in [-0.3, -0.25) is 9.78 Å². The third-order valence-corrected chi connectivity index (χ3v) is 5.00. The fraction of sp³-hybridized carbons (Fsp3) is 0.273. The van der Waals surface area contributed by atoms with E-state index in [1.165, 1.54) is 12.1 Å². The van der Waals surface area contributed by atoms with E-state index < -0.39 is 11.9 Å². The lowest BCUT2D eigenvalue weighted by Crippen LogP contribution is -2.52. The Labute approximate surface area is 174 Å². The minimum atomic E-state index is -0.683. The number of anilines is 1. The van der Waals surface area contributed by atoms with Crippen LogP contribution in [0.3, 0.4) is 0 Å². The van der Waals surface area contributed by atoms with Crippen molar-refractivity contribution in [2.75, 3.05) is 31.1 Å². The predicted molar refractivity (Wildman–Crippen MR) is 111 cm³/mol. The summed E-state index contributed by atoms with van der Waals surface area (Å²) >= 11 is 0. The quantitative estimate of drug-likeness (QED) is 0.648. The van der Waals surface area contributed by atoms with Crippen molar-refractivity contribution < 1.29 is 13.9 Å². The number of benzene rings is 1. The zero-order valence-corrected chi connectivity index (χ0v) is 16.6. The average molecular weight is 407 g/mol. The number of rotatable bonds is 5. The molecular formula is C22H22FN5O2. The summed E-state index contributed by atoms with van der Waals surface area (Å²) in [6.45, 7) is 4.11. The number of nitrogens with zero attached hydrogens (tertiary/aromatic N) is 5. The second-order valence-corrected chi connectivity index (χ2v) is 7.04. The Morgan fingerprint density at radius 3 is 2.47 bits per heavy atom. The van der Waals surface area contributed by atoms with Crippen LogP contribution in [0.4, 0.5) is 10.2 Å². The van der Waals surface area contributed by atoms with Gasteiger partial charge in [0.1, 0.15) is 11.6 Å². The largest absolute Gasteiger partial charge is 0.481 e. The van der Waals surface area contributed by atoms with Crippen molar-refractivity contribution in [3.63, 3.8) is 0 Å². The molecule has 1 aliphatic rings. The first-order chi connectivity index (χ1) is 14.6. The Hall–Kier alpha value is -3.55. The fourth-order valence-corrected chi connectivity index (χ4v) is 3.38. The van der Waals surface area contributed by atoms with E-state index in [4.69, 9.17) is 4.74 Å². The maximum absolute atomic E-state index is 13.3. The number of pyridine rings is 1. The molecule has 1 aliphatic heterocycles. The molecule has 1 atom stereocenters. The third kappa shape index (κ3) is 4.53. The molecule has 1 aromatic carbocycles. The minimum Gasteiger partial charge on any atom is -0.481 e. The number of hydrogen-bond acceptors (Lipinski definition) is 6. The van der Waals surface area contributed by atoms with Gasteiger partial charge in [-0.25, -0.2) is 4.39 Å². The lowest BCUT2D eigenvalue weighted by molar-refractivity contribution is -0.138. The van der Waals surface area contributed by atoms with Crippen molar-refractivity contribution in [1.29, 1.82) is 0 Å². The second-order valence-electron chi connectivity index (χ2n) is 7.04. The van der Waals surface area contributed by atoms with Crippen molar-refractivity contribution in [2.24, 2.45) is 0 Å². The van der Waals surface area contributed by atoms with E-state index in [0.717, 1.165) is 17.1 Å². The first kappa shape index (κ1) is 19.8. The normalized spacial score (nSPS) is 15.0.